The van der Waals surface area contributed by atoms with E-state index in [1.54, 1.807) is 0 Å². The van der Waals surface area contributed by atoms with Crippen molar-refractivity contribution in [1.29, 1.82) is 0 Å². The van der Waals surface area contributed by atoms with Crippen molar-refractivity contribution in [3.8, 4) is 0 Å². The van der Waals surface area contributed by atoms with Gasteiger partial charge in [0.25, 0.3) is 0 Å². The molecular formula is C32H67N2O+. The summed E-state index contributed by atoms with van der Waals surface area (Å²) >= 11 is 0. The third-order valence-corrected chi connectivity index (χ3v) is 7.87. The number of carbonyl (C=O) groups is 1. The molecule has 0 aliphatic heterocycles. The SMILES string of the molecule is CCCCCCCCCCCCCCCCCC(=O)NCC[N+](CCCC)(CCCC)CCCC. The highest BCUT2D eigenvalue weighted by atomic mass is 16.1. The molecule has 1 amide bonds. The highest BCUT2D eigenvalue weighted by Gasteiger charge is 2.25. The van der Waals surface area contributed by atoms with Crippen molar-refractivity contribution in [2.24, 2.45) is 0 Å². The van der Waals surface area contributed by atoms with Gasteiger partial charge in [-0.2, -0.15) is 0 Å². The van der Waals surface area contributed by atoms with E-state index in [0.29, 0.717) is 0 Å². The third-order valence-electron chi connectivity index (χ3n) is 7.87. The molecule has 0 atom stereocenters. The Hall–Kier alpha value is -0.570. The smallest absolute Gasteiger partial charge is 0.220 e. The summed E-state index contributed by atoms with van der Waals surface area (Å²) in [7, 11) is 0. The molecule has 0 aromatic heterocycles. The molecule has 0 aliphatic rings. The highest BCUT2D eigenvalue weighted by molar-refractivity contribution is 5.75. The molecule has 0 aromatic rings. The summed E-state index contributed by atoms with van der Waals surface area (Å²) in [5, 5.41) is 3.26. The maximum atomic E-state index is 12.4. The zero-order valence-corrected chi connectivity index (χ0v) is 24.9. The second-order valence-electron chi connectivity index (χ2n) is 11.3. The molecule has 0 aliphatic carbocycles. The van der Waals surface area contributed by atoms with Gasteiger partial charge in [0.1, 0.15) is 0 Å². The summed E-state index contributed by atoms with van der Waals surface area (Å²) < 4.78 is 1.22. The van der Waals surface area contributed by atoms with Crippen molar-refractivity contribution in [3.05, 3.63) is 0 Å². The highest BCUT2D eigenvalue weighted by Crippen LogP contribution is 2.15. The van der Waals surface area contributed by atoms with Crippen LogP contribution in [0.25, 0.3) is 0 Å². The number of nitrogens with zero attached hydrogens (tertiary/aromatic N) is 1. The van der Waals surface area contributed by atoms with Crippen LogP contribution in [-0.4, -0.2) is 43.1 Å². The van der Waals surface area contributed by atoms with E-state index in [-0.39, 0.29) is 5.91 Å². The molecule has 0 bridgehead atoms. The molecule has 0 fully saturated rings. The molecule has 0 unspecified atom stereocenters. The normalized spacial score (nSPS) is 11.8. The average Bonchev–Trinajstić information content (AvgIpc) is 2.87. The largest absolute Gasteiger partial charge is 0.350 e. The fourth-order valence-corrected chi connectivity index (χ4v) is 5.33. The monoisotopic (exact) mass is 496 g/mol. The summed E-state index contributed by atoms with van der Waals surface area (Å²) in [6, 6.07) is 0. The number of quaternary nitrogens is 1. The molecule has 0 saturated carbocycles. The van der Waals surface area contributed by atoms with Crippen LogP contribution in [0.4, 0.5) is 0 Å². The molecule has 210 valence electrons. The molecule has 0 saturated heterocycles. The van der Waals surface area contributed by atoms with Gasteiger partial charge in [-0.15, -0.1) is 0 Å². The molecule has 0 spiro atoms. The Labute approximate surface area is 222 Å². The van der Waals surface area contributed by atoms with Gasteiger partial charge in [-0.05, 0) is 25.7 Å². The summed E-state index contributed by atoms with van der Waals surface area (Å²) in [4.78, 5) is 12.4. The topological polar surface area (TPSA) is 29.1 Å². The zero-order chi connectivity index (χ0) is 25.9. The number of rotatable bonds is 28. The number of hydrogen-bond donors (Lipinski definition) is 1. The number of hydrogen-bond acceptors (Lipinski definition) is 1. The fourth-order valence-electron chi connectivity index (χ4n) is 5.33. The molecule has 1 N–H and O–H groups in total. The Bertz CT molecular complexity index is 416. The van der Waals surface area contributed by atoms with Gasteiger partial charge < -0.3 is 9.80 Å². The van der Waals surface area contributed by atoms with Crippen molar-refractivity contribution in [3.63, 3.8) is 0 Å². The van der Waals surface area contributed by atoms with Crippen molar-refractivity contribution < 1.29 is 9.28 Å². The molecule has 0 rings (SSSR count). The van der Waals surface area contributed by atoms with Crippen molar-refractivity contribution in [2.75, 3.05) is 32.7 Å². The molecular weight excluding hydrogens is 428 g/mol. The number of amides is 1. The lowest BCUT2D eigenvalue weighted by atomic mass is 10.0. The quantitative estimate of drug-likeness (QED) is 0.0849. The van der Waals surface area contributed by atoms with Gasteiger partial charge in [0, 0.05) is 6.42 Å². The van der Waals surface area contributed by atoms with Gasteiger partial charge in [-0.1, -0.05) is 137 Å². The van der Waals surface area contributed by atoms with E-state index in [9.17, 15) is 4.79 Å². The van der Waals surface area contributed by atoms with Crippen LogP contribution in [0.15, 0.2) is 0 Å². The van der Waals surface area contributed by atoms with E-state index in [4.69, 9.17) is 0 Å². The number of unbranched alkanes of at least 4 members (excludes halogenated alkanes) is 17. The lowest BCUT2D eigenvalue weighted by Crippen LogP contribution is -2.53. The van der Waals surface area contributed by atoms with Crippen molar-refractivity contribution >= 4 is 5.91 Å². The van der Waals surface area contributed by atoms with Crippen LogP contribution in [0, 0.1) is 0 Å². The molecule has 3 heteroatoms. The summed E-state index contributed by atoms with van der Waals surface area (Å²) in [5.74, 6) is 0.277. The van der Waals surface area contributed by atoms with Gasteiger partial charge >= 0.3 is 0 Å². The van der Waals surface area contributed by atoms with Gasteiger partial charge in [0.05, 0.1) is 32.7 Å². The minimum absolute atomic E-state index is 0.277. The van der Waals surface area contributed by atoms with E-state index in [1.807, 2.05) is 0 Å². The molecule has 0 aromatic carbocycles. The summed E-state index contributed by atoms with van der Waals surface area (Å²) in [6.45, 7) is 15.0. The first-order valence-electron chi connectivity index (χ1n) is 16.3. The van der Waals surface area contributed by atoms with Gasteiger partial charge in [0.2, 0.25) is 5.91 Å². The zero-order valence-electron chi connectivity index (χ0n) is 24.9. The van der Waals surface area contributed by atoms with Gasteiger partial charge in [0.15, 0.2) is 0 Å². The van der Waals surface area contributed by atoms with Crippen LogP contribution in [0.1, 0.15) is 169 Å². The first-order valence-corrected chi connectivity index (χ1v) is 16.3. The summed E-state index contributed by atoms with van der Waals surface area (Å²) in [6.07, 6.45) is 29.0. The van der Waals surface area contributed by atoms with Gasteiger partial charge in [-0.3, -0.25) is 4.79 Å². The second-order valence-corrected chi connectivity index (χ2v) is 11.3. The Morgan fingerprint density at radius 2 is 0.800 bits per heavy atom. The lowest BCUT2D eigenvalue weighted by Gasteiger charge is -2.39. The van der Waals surface area contributed by atoms with Crippen LogP contribution in [-0.2, 0) is 4.79 Å². The van der Waals surface area contributed by atoms with Crippen molar-refractivity contribution in [2.45, 2.75) is 169 Å². The average molecular weight is 496 g/mol. The maximum absolute atomic E-state index is 12.4. The van der Waals surface area contributed by atoms with E-state index < -0.39 is 0 Å². The number of nitrogens with one attached hydrogen (secondary N) is 1. The third kappa shape index (κ3) is 22.4. The van der Waals surface area contributed by atoms with E-state index >= 15 is 0 Å². The Morgan fingerprint density at radius 3 is 1.17 bits per heavy atom. The van der Waals surface area contributed by atoms with Crippen LogP contribution in [0.5, 0.6) is 0 Å². The van der Waals surface area contributed by atoms with Crippen LogP contribution in [0.3, 0.4) is 0 Å². The van der Waals surface area contributed by atoms with E-state index in [0.717, 1.165) is 25.9 Å². The van der Waals surface area contributed by atoms with Crippen LogP contribution < -0.4 is 5.32 Å². The maximum Gasteiger partial charge on any atom is 0.220 e. The molecule has 35 heavy (non-hydrogen) atoms. The summed E-state index contributed by atoms with van der Waals surface area (Å²) in [5.41, 5.74) is 0. The fraction of sp³-hybridized carbons (Fsp3) is 0.969. The predicted octanol–water partition coefficient (Wildman–Crippen LogP) is 9.58. The first kappa shape index (κ1) is 34.4. The van der Waals surface area contributed by atoms with Crippen LogP contribution in [0.2, 0.25) is 0 Å². The molecule has 0 heterocycles. The Morgan fingerprint density at radius 1 is 0.457 bits per heavy atom. The first-order chi connectivity index (χ1) is 17.1. The molecule has 0 radical (unpaired) electrons. The minimum atomic E-state index is 0.277. The second kappa shape index (κ2) is 26.5. The van der Waals surface area contributed by atoms with E-state index in [2.05, 4.69) is 33.0 Å². The van der Waals surface area contributed by atoms with E-state index in [1.165, 1.54) is 153 Å². The Balaban J connectivity index is 3.77. The van der Waals surface area contributed by atoms with Crippen LogP contribution >= 0.6 is 0 Å². The number of carbonyl (C=O) groups excluding carboxylic acids is 1. The molecule has 3 nitrogen and oxygen atoms in total. The lowest BCUT2D eigenvalue weighted by molar-refractivity contribution is -0.927. The standard InChI is InChI=1S/C32H66N2O/c1-5-9-13-14-15-16-17-18-19-20-21-22-23-24-25-26-32(35)33-27-31-34(28-10-6-2,29-11-7-3)30-12-8-4/h5-31H2,1-4H3/p+1. The minimum Gasteiger partial charge on any atom is -0.350 e. The predicted molar refractivity (Wildman–Crippen MR) is 157 cm³/mol. The van der Waals surface area contributed by atoms with Crippen molar-refractivity contribution in [1.82, 2.24) is 5.32 Å². The van der Waals surface area contributed by atoms with Gasteiger partial charge in [-0.25, -0.2) is 0 Å². The Kier molecular flexibility index (Phi) is 26.1.